The van der Waals surface area contributed by atoms with Crippen LogP contribution in [0.3, 0.4) is 0 Å². The molecule has 1 aliphatic heterocycles. The minimum Gasteiger partial charge on any atom is -0.355 e. The third-order valence-corrected chi connectivity index (χ3v) is 3.27. The highest BCUT2D eigenvalue weighted by atomic mass is 16.1. The summed E-state index contributed by atoms with van der Waals surface area (Å²) in [6.45, 7) is 7.13. The molecule has 1 N–H and O–H groups in total. The number of carbonyl (C=O) groups is 1. The van der Waals surface area contributed by atoms with Crippen molar-refractivity contribution in [1.29, 1.82) is 0 Å². The Balaban J connectivity index is 2.44. The van der Waals surface area contributed by atoms with Gasteiger partial charge < -0.3 is 5.32 Å². The summed E-state index contributed by atoms with van der Waals surface area (Å²) in [5.41, 5.74) is 3.82. The third kappa shape index (κ3) is 1.76. The summed E-state index contributed by atoms with van der Waals surface area (Å²) < 4.78 is 0. The SMILES string of the molecule is Cc1ccc(C)c(C2(C)CNC(=O)C2)c1. The summed E-state index contributed by atoms with van der Waals surface area (Å²) in [4.78, 5) is 11.3. The summed E-state index contributed by atoms with van der Waals surface area (Å²) in [7, 11) is 0. The first-order chi connectivity index (χ1) is 7.01. The maximum absolute atomic E-state index is 11.3. The van der Waals surface area contributed by atoms with Crippen LogP contribution in [0.15, 0.2) is 18.2 Å². The van der Waals surface area contributed by atoms with Crippen molar-refractivity contribution in [3.63, 3.8) is 0 Å². The number of hydrogen-bond acceptors (Lipinski definition) is 1. The lowest BCUT2D eigenvalue weighted by Gasteiger charge is -2.24. The molecule has 0 spiro atoms. The molecule has 1 aliphatic rings. The van der Waals surface area contributed by atoms with E-state index in [-0.39, 0.29) is 11.3 Å². The van der Waals surface area contributed by atoms with Crippen LogP contribution in [-0.2, 0) is 10.2 Å². The van der Waals surface area contributed by atoms with E-state index in [2.05, 4.69) is 44.3 Å². The number of aryl methyl sites for hydroxylation is 2. The van der Waals surface area contributed by atoms with Crippen molar-refractivity contribution >= 4 is 5.91 Å². The van der Waals surface area contributed by atoms with Gasteiger partial charge in [-0.2, -0.15) is 0 Å². The van der Waals surface area contributed by atoms with E-state index in [1.165, 1.54) is 16.7 Å². The average molecular weight is 203 g/mol. The van der Waals surface area contributed by atoms with E-state index in [4.69, 9.17) is 0 Å². The lowest BCUT2D eigenvalue weighted by Crippen LogP contribution is -2.26. The van der Waals surface area contributed by atoms with E-state index < -0.39 is 0 Å². The van der Waals surface area contributed by atoms with Crippen molar-refractivity contribution in [3.8, 4) is 0 Å². The van der Waals surface area contributed by atoms with Gasteiger partial charge in [-0.05, 0) is 25.0 Å². The lowest BCUT2D eigenvalue weighted by atomic mass is 9.79. The molecule has 0 aromatic heterocycles. The largest absolute Gasteiger partial charge is 0.355 e. The van der Waals surface area contributed by atoms with E-state index in [1.54, 1.807) is 0 Å². The first-order valence-electron chi connectivity index (χ1n) is 5.36. The first-order valence-corrected chi connectivity index (χ1v) is 5.36. The maximum Gasteiger partial charge on any atom is 0.220 e. The van der Waals surface area contributed by atoms with E-state index in [0.29, 0.717) is 6.42 Å². The third-order valence-electron chi connectivity index (χ3n) is 3.27. The monoisotopic (exact) mass is 203 g/mol. The smallest absolute Gasteiger partial charge is 0.220 e. The van der Waals surface area contributed by atoms with Gasteiger partial charge in [-0.25, -0.2) is 0 Å². The van der Waals surface area contributed by atoms with Gasteiger partial charge in [0, 0.05) is 18.4 Å². The van der Waals surface area contributed by atoms with E-state index in [1.807, 2.05) is 0 Å². The topological polar surface area (TPSA) is 29.1 Å². The van der Waals surface area contributed by atoms with Gasteiger partial charge >= 0.3 is 0 Å². The summed E-state index contributed by atoms with van der Waals surface area (Å²) in [6, 6.07) is 6.46. The Kier molecular flexibility index (Phi) is 2.29. The Labute approximate surface area is 90.7 Å². The molecule has 1 fully saturated rings. The second kappa shape index (κ2) is 3.37. The number of carbonyl (C=O) groups excluding carboxylic acids is 1. The number of nitrogens with one attached hydrogen (secondary N) is 1. The van der Waals surface area contributed by atoms with Gasteiger partial charge in [-0.3, -0.25) is 4.79 Å². The second-order valence-corrected chi connectivity index (χ2v) is 4.83. The molecular weight excluding hydrogens is 186 g/mol. The number of rotatable bonds is 1. The Bertz CT molecular complexity index is 411. The molecule has 1 aromatic rings. The Morgan fingerprint density at radius 2 is 2.07 bits per heavy atom. The van der Waals surface area contributed by atoms with Crippen molar-refractivity contribution < 1.29 is 4.79 Å². The Morgan fingerprint density at radius 1 is 1.33 bits per heavy atom. The standard InChI is InChI=1S/C13H17NO/c1-9-4-5-10(2)11(6-9)13(3)7-12(15)14-8-13/h4-6H,7-8H2,1-3H3,(H,14,15). The second-order valence-electron chi connectivity index (χ2n) is 4.83. The van der Waals surface area contributed by atoms with Crippen LogP contribution in [0.2, 0.25) is 0 Å². The molecule has 2 nitrogen and oxygen atoms in total. The highest BCUT2D eigenvalue weighted by Gasteiger charge is 2.36. The van der Waals surface area contributed by atoms with Crippen LogP contribution >= 0.6 is 0 Å². The highest BCUT2D eigenvalue weighted by Crippen LogP contribution is 2.33. The molecular formula is C13H17NO. The normalized spacial score (nSPS) is 25.4. The molecule has 1 aromatic carbocycles. The van der Waals surface area contributed by atoms with Crippen LogP contribution in [0.1, 0.15) is 30.0 Å². The molecule has 0 radical (unpaired) electrons. The summed E-state index contributed by atoms with van der Waals surface area (Å²) in [6.07, 6.45) is 0.608. The Hall–Kier alpha value is -1.31. The lowest BCUT2D eigenvalue weighted by molar-refractivity contribution is -0.119. The zero-order valence-electron chi connectivity index (χ0n) is 9.55. The first kappa shape index (κ1) is 10.2. The van der Waals surface area contributed by atoms with Crippen LogP contribution in [0.5, 0.6) is 0 Å². The quantitative estimate of drug-likeness (QED) is 0.744. The van der Waals surface area contributed by atoms with E-state index >= 15 is 0 Å². The van der Waals surface area contributed by atoms with Gasteiger partial charge in [0.1, 0.15) is 0 Å². The fraction of sp³-hybridized carbons (Fsp3) is 0.462. The van der Waals surface area contributed by atoms with E-state index in [9.17, 15) is 4.79 Å². The van der Waals surface area contributed by atoms with Crippen LogP contribution in [0.4, 0.5) is 0 Å². The molecule has 80 valence electrons. The molecule has 0 bridgehead atoms. The fourth-order valence-electron chi connectivity index (χ4n) is 2.35. The molecule has 2 rings (SSSR count). The molecule has 0 aliphatic carbocycles. The Morgan fingerprint density at radius 3 is 2.67 bits per heavy atom. The maximum atomic E-state index is 11.3. The molecule has 1 saturated heterocycles. The molecule has 1 unspecified atom stereocenters. The summed E-state index contributed by atoms with van der Waals surface area (Å²) >= 11 is 0. The molecule has 2 heteroatoms. The molecule has 1 heterocycles. The van der Waals surface area contributed by atoms with Crippen LogP contribution in [0.25, 0.3) is 0 Å². The predicted molar refractivity (Wildman–Crippen MR) is 60.9 cm³/mol. The molecule has 15 heavy (non-hydrogen) atoms. The summed E-state index contributed by atoms with van der Waals surface area (Å²) in [5.74, 6) is 0.165. The van der Waals surface area contributed by atoms with Crippen molar-refractivity contribution in [3.05, 3.63) is 34.9 Å². The van der Waals surface area contributed by atoms with Gasteiger partial charge in [-0.1, -0.05) is 30.7 Å². The van der Waals surface area contributed by atoms with Crippen LogP contribution < -0.4 is 5.32 Å². The molecule has 1 atom stereocenters. The van der Waals surface area contributed by atoms with Crippen molar-refractivity contribution in [1.82, 2.24) is 5.32 Å². The van der Waals surface area contributed by atoms with Gasteiger partial charge in [0.2, 0.25) is 5.91 Å². The number of hydrogen-bond donors (Lipinski definition) is 1. The van der Waals surface area contributed by atoms with Gasteiger partial charge in [0.05, 0.1) is 0 Å². The van der Waals surface area contributed by atoms with Crippen molar-refractivity contribution in [2.45, 2.75) is 32.6 Å². The van der Waals surface area contributed by atoms with Crippen LogP contribution in [-0.4, -0.2) is 12.5 Å². The van der Waals surface area contributed by atoms with Crippen molar-refractivity contribution in [2.24, 2.45) is 0 Å². The van der Waals surface area contributed by atoms with Gasteiger partial charge in [0.15, 0.2) is 0 Å². The zero-order valence-corrected chi connectivity index (χ0v) is 9.55. The highest BCUT2D eigenvalue weighted by molar-refractivity contribution is 5.80. The summed E-state index contributed by atoms with van der Waals surface area (Å²) in [5, 5.41) is 2.92. The van der Waals surface area contributed by atoms with Crippen LogP contribution in [0, 0.1) is 13.8 Å². The van der Waals surface area contributed by atoms with E-state index in [0.717, 1.165) is 6.54 Å². The van der Waals surface area contributed by atoms with Gasteiger partial charge in [-0.15, -0.1) is 0 Å². The van der Waals surface area contributed by atoms with Crippen molar-refractivity contribution in [2.75, 3.05) is 6.54 Å². The minimum absolute atomic E-state index is 0.0206. The number of amides is 1. The minimum atomic E-state index is -0.0206. The fourth-order valence-corrected chi connectivity index (χ4v) is 2.35. The molecule has 0 saturated carbocycles. The molecule has 1 amide bonds. The number of benzene rings is 1. The van der Waals surface area contributed by atoms with Gasteiger partial charge in [0.25, 0.3) is 0 Å². The zero-order chi connectivity index (χ0) is 11.1. The predicted octanol–water partition coefficient (Wildman–Crippen LogP) is 2.08. The average Bonchev–Trinajstić information content (AvgIpc) is 2.52.